The number of amides is 2. The van der Waals surface area contributed by atoms with E-state index in [1.165, 1.54) is 37.4 Å². The van der Waals surface area contributed by atoms with Crippen molar-refractivity contribution in [3.8, 4) is 11.1 Å². The predicted molar refractivity (Wildman–Crippen MR) is 145 cm³/mol. The zero-order valence-corrected chi connectivity index (χ0v) is 21.5. The Kier molecular flexibility index (Phi) is 7.60. The first-order valence-corrected chi connectivity index (χ1v) is 12.7. The second-order valence-corrected chi connectivity index (χ2v) is 9.42. The van der Waals surface area contributed by atoms with Crippen molar-refractivity contribution in [2.75, 3.05) is 23.7 Å². The minimum atomic E-state index is -4.64. The third-order valence-corrected chi connectivity index (χ3v) is 6.42. The molecule has 4 aromatic rings. The smallest absolute Gasteiger partial charge is 0.349 e. The summed E-state index contributed by atoms with van der Waals surface area (Å²) >= 11 is 0. The average molecular weight is 550 g/mol. The highest BCUT2D eigenvalue weighted by Gasteiger charge is 2.34. The molecule has 0 aliphatic carbocycles. The molecule has 0 saturated carbocycles. The van der Waals surface area contributed by atoms with Gasteiger partial charge >= 0.3 is 6.18 Å². The van der Waals surface area contributed by atoms with Gasteiger partial charge in [-0.15, -0.1) is 0 Å². The SMILES string of the molecule is CC(=O)Nc1cccc(Nc2ncc3cc(-c4ccccc4C(F)(F)F)c(C(=O)NC[C@H]4CCCN4)nc3n2)c1. The molecule has 9 nitrogen and oxygen atoms in total. The van der Waals surface area contributed by atoms with Crippen LogP contribution in [0.5, 0.6) is 0 Å². The molecule has 0 unspecified atom stereocenters. The normalized spacial score (nSPS) is 15.2. The van der Waals surface area contributed by atoms with E-state index in [4.69, 9.17) is 0 Å². The van der Waals surface area contributed by atoms with Gasteiger partial charge in [0.25, 0.3) is 5.91 Å². The largest absolute Gasteiger partial charge is 0.417 e. The Hall–Kier alpha value is -4.58. The fourth-order valence-electron chi connectivity index (χ4n) is 4.60. The van der Waals surface area contributed by atoms with Crippen LogP contribution in [0.25, 0.3) is 22.2 Å². The molecule has 1 fully saturated rings. The number of alkyl halides is 3. The van der Waals surface area contributed by atoms with Gasteiger partial charge in [0.05, 0.1) is 5.56 Å². The van der Waals surface area contributed by atoms with Crippen molar-refractivity contribution < 1.29 is 22.8 Å². The molecule has 4 N–H and O–H groups in total. The van der Waals surface area contributed by atoms with Crippen LogP contribution in [0.2, 0.25) is 0 Å². The van der Waals surface area contributed by atoms with Crippen LogP contribution >= 0.6 is 0 Å². The Balaban J connectivity index is 1.54. The predicted octanol–water partition coefficient (Wildman–Crippen LogP) is 4.89. The lowest BCUT2D eigenvalue weighted by Crippen LogP contribution is -2.37. The second kappa shape index (κ2) is 11.3. The number of hydrogen-bond donors (Lipinski definition) is 4. The van der Waals surface area contributed by atoms with Gasteiger partial charge in [-0.2, -0.15) is 18.2 Å². The number of carbonyl (C=O) groups is 2. The number of nitrogens with one attached hydrogen (secondary N) is 4. The van der Waals surface area contributed by atoms with E-state index in [2.05, 4.69) is 36.2 Å². The molecule has 5 rings (SSSR count). The van der Waals surface area contributed by atoms with Crippen molar-refractivity contribution in [3.05, 3.63) is 72.1 Å². The Morgan fingerprint density at radius 1 is 1.02 bits per heavy atom. The number of anilines is 3. The Morgan fingerprint density at radius 2 is 1.82 bits per heavy atom. The first kappa shape index (κ1) is 27.0. The van der Waals surface area contributed by atoms with E-state index in [-0.39, 0.29) is 40.4 Å². The first-order chi connectivity index (χ1) is 19.2. The highest BCUT2D eigenvalue weighted by atomic mass is 19.4. The van der Waals surface area contributed by atoms with Crippen LogP contribution in [0, 0.1) is 0 Å². The van der Waals surface area contributed by atoms with Gasteiger partial charge in [-0.1, -0.05) is 24.3 Å². The lowest BCUT2D eigenvalue weighted by atomic mass is 9.96. The summed E-state index contributed by atoms with van der Waals surface area (Å²) in [6.45, 7) is 2.57. The van der Waals surface area contributed by atoms with Gasteiger partial charge in [-0.25, -0.2) is 9.97 Å². The molecule has 1 saturated heterocycles. The Labute approximate surface area is 227 Å². The minimum absolute atomic E-state index is 0.0321. The van der Waals surface area contributed by atoms with Gasteiger partial charge in [0.15, 0.2) is 5.65 Å². The summed E-state index contributed by atoms with van der Waals surface area (Å²) in [6, 6.07) is 13.5. The molecule has 1 aliphatic heterocycles. The molecule has 12 heteroatoms. The molecule has 1 atom stereocenters. The number of carbonyl (C=O) groups excluding carboxylic acids is 2. The summed E-state index contributed by atoms with van der Waals surface area (Å²) in [6.07, 6.45) is -1.33. The minimum Gasteiger partial charge on any atom is -0.349 e. The Morgan fingerprint density at radius 3 is 2.58 bits per heavy atom. The van der Waals surface area contributed by atoms with Crippen LogP contribution in [0.3, 0.4) is 0 Å². The van der Waals surface area contributed by atoms with E-state index in [1.807, 2.05) is 0 Å². The highest BCUT2D eigenvalue weighted by molar-refractivity contribution is 6.02. The fraction of sp³-hybridized carbons (Fsp3) is 0.250. The first-order valence-electron chi connectivity index (χ1n) is 12.7. The maximum atomic E-state index is 13.9. The van der Waals surface area contributed by atoms with Crippen molar-refractivity contribution >= 4 is 40.2 Å². The second-order valence-electron chi connectivity index (χ2n) is 9.42. The van der Waals surface area contributed by atoms with Crippen molar-refractivity contribution in [1.82, 2.24) is 25.6 Å². The van der Waals surface area contributed by atoms with E-state index in [1.54, 1.807) is 24.3 Å². The zero-order valence-electron chi connectivity index (χ0n) is 21.5. The standard InChI is InChI=1S/C28H26F3N7O2/c1-16(39)35-18-6-4-7-19(13-18)36-27-34-14-17-12-22(21-9-2-3-10-23(21)28(29,30)31)24(37-25(17)38-27)26(40)33-15-20-8-5-11-32-20/h2-4,6-7,9-10,12-14,20,32H,5,8,11,15H2,1H3,(H,33,40)(H,35,39)(H,34,36,37,38)/t20-/m1/s1. The molecule has 0 radical (unpaired) electrons. The number of pyridine rings is 1. The number of aromatic nitrogens is 3. The van der Waals surface area contributed by atoms with E-state index < -0.39 is 17.6 Å². The topological polar surface area (TPSA) is 121 Å². The summed E-state index contributed by atoms with van der Waals surface area (Å²) in [5.74, 6) is -0.663. The number of rotatable bonds is 7. The average Bonchev–Trinajstić information content (AvgIpc) is 3.44. The van der Waals surface area contributed by atoms with Crippen LogP contribution in [-0.2, 0) is 11.0 Å². The fourth-order valence-corrected chi connectivity index (χ4v) is 4.60. The van der Waals surface area contributed by atoms with Gasteiger partial charge in [0.1, 0.15) is 5.69 Å². The molecule has 206 valence electrons. The summed E-state index contributed by atoms with van der Waals surface area (Å²) in [7, 11) is 0. The number of fused-ring (bicyclic) bond motifs is 1. The van der Waals surface area contributed by atoms with E-state index in [0.29, 0.717) is 23.3 Å². The molecule has 2 amide bonds. The third kappa shape index (κ3) is 6.18. The van der Waals surface area contributed by atoms with Crippen LogP contribution < -0.4 is 21.3 Å². The molecule has 0 spiro atoms. The van der Waals surface area contributed by atoms with E-state index in [9.17, 15) is 22.8 Å². The molecular formula is C28H26F3N7O2. The van der Waals surface area contributed by atoms with Crippen molar-refractivity contribution in [2.45, 2.75) is 32.0 Å². The molecule has 2 aromatic carbocycles. The van der Waals surface area contributed by atoms with Crippen LogP contribution in [0.15, 0.2) is 60.8 Å². The van der Waals surface area contributed by atoms with E-state index in [0.717, 1.165) is 25.5 Å². The van der Waals surface area contributed by atoms with Crippen molar-refractivity contribution in [3.63, 3.8) is 0 Å². The summed E-state index contributed by atoms with van der Waals surface area (Å²) in [4.78, 5) is 37.8. The van der Waals surface area contributed by atoms with Crippen LogP contribution in [0.4, 0.5) is 30.5 Å². The number of benzene rings is 2. The maximum absolute atomic E-state index is 13.9. The molecular weight excluding hydrogens is 523 g/mol. The molecule has 40 heavy (non-hydrogen) atoms. The number of halogens is 3. The molecule has 2 aromatic heterocycles. The molecule has 3 heterocycles. The van der Waals surface area contributed by atoms with Crippen LogP contribution in [-0.4, -0.2) is 45.9 Å². The lowest BCUT2D eigenvalue weighted by molar-refractivity contribution is -0.137. The van der Waals surface area contributed by atoms with E-state index >= 15 is 0 Å². The summed E-state index contributed by atoms with van der Waals surface area (Å²) < 4.78 is 41.7. The quantitative estimate of drug-likeness (QED) is 0.259. The third-order valence-electron chi connectivity index (χ3n) is 6.42. The van der Waals surface area contributed by atoms with Crippen molar-refractivity contribution in [2.24, 2.45) is 0 Å². The lowest BCUT2D eigenvalue weighted by Gasteiger charge is -2.17. The maximum Gasteiger partial charge on any atom is 0.417 e. The number of nitrogens with zero attached hydrogens (tertiary/aromatic N) is 3. The summed E-state index contributed by atoms with van der Waals surface area (Å²) in [5.41, 5.74) is 0.118. The monoisotopic (exact) mass is 549 g/mol. The molecule has 1 aliphatic rings. The zero-order chi connectivity index (χ0) is 28.3. The highest BCUT2D eigenvalue weighted by Crippen LogP contribution is 2.38. The Bertz CT molecular complexity index is 1570. The van der Waals surface area contributed by atoms with Gasteiger partial charge in [-0.3, -0.25) is 9.59 Å². The van der Waals surface area contributed by atoms with Gasteiger partial charge < -0.3 is 21.3 Å². The summed E-state index contributed by atoms with van der Waals surface area (Å²) in [5, 5.41) is 12.2. The van der Waals surface area contributed by atoms with Gasteiger partial charge in [0.2, 0.25) is 11.9 Å². The van der Waals surface area contributed by atoms with Crippen LogP contribution in [0.1, 0.15) is 35.8 Å². The van der Waals surface area contributed by atoms with Gasteiger partial charge in [0, 0.05) is 48.0 Å². The van der Waals surface area contributed by atoms with Gasteiger partial charge in [-0.05, 0) is 55.3 Å². The molecule has 0 bridgehead atoms. The number of hydrogen-bond acceptors (Lipinski definition) is 7. The van der Waals surface area contributed by atoms with Crippen molar-refractivity contribution in [1.29, 1.82) is 0 Å².